The molecule has 0 radical (unpaired) electrons. The standard InChI is InChI=1S/C14H15BrN2O4/c1-3-20-13-11(15)6-9(7-12(13)19-2)14(18)16-8-10-4-5-21-17-10/h4-7H,3,8H2,1-2H3,(H,16,18). The minimum atomic E-state index is -0.236. The molecule has 0 spiro atoms. The number of benzene rings is 1. The van der Waals surface area contributed by atoms with Gasteiger partial charge in [-0.05, 0) is 35.0 Å². The number of hydrogen-bond acceptors (Lipinski definition) is 5. The number of hydrogen-bond donors (Lipinski definition) is 1. The highest BCUT2D eigenvalue weighted by atomic mass is 79.9. The van der Waals surface area contributed by atoms with Crippen LogP contribution in [0, 0.1) is 0 Å². The summed E-state index contributed by atoms with van der Waals surface area (Å²) in [6.07, 6.45) is 1.46. The largest absolute Gasteiger partial charge is 0.493 e. The van der Waals surface area contributed by atoms with E-state index in [1.165, 1.54) is 13.4 Å². The number of ether oxygens (including phenoxy) is 2. The summed E-state index contributed by atoms with van der Waals surface area (Å²) in [4.78, 5) is 12.1. The maximum atomic E-state index is 12.1. The topological polar surface area (TPSA) is 73.6 Å². The molecule has 0 aliphatic heterocycles. The lowest BCUT2D eigenvalue weighted by molar-refractivity contribution is 0.0949. The van der Waals surface area contributed by atoms with Crippen molar-refractivity contribution in [3.8, 4) is 11.5 Å². The van der Waals surface area contributed by atoms with Crippen LogP contribution in [0.4, 0.5) is 0 Å². The van der Waals surface area contributed by atoms with Crippen LogP contribution in [0.3, 0.4) is 0 Å². The Morgan fingerprint density at radius 1 is 1.48 bits per heavy atom. The third kappa shape index (κ3) is 3.75. The van der Waals surface area contributed by atoms with E-state index in [0.717, 1.165) is 0 Å². The van der Waals surface area contributed by atoms with Crippen molar-refractivity contribution >= 4 is 21.8 Å². The number of nitrogens with zero attached hydrogens (tertiary/aromatic N) is 1. The Labute approximate surface area is 130 Å². The summed E-state index contributed by atoms with van der Waals surface area (Å²) in [5, 5.41) is 6.48. The highest BCUT2D eigenvalue weighted by Gasteiger charge is 2.15. The van der Waals surface area contributed by atoms with Crippen molar-refractivity contribution in [2.24, 2.45) is 0 Å². The van der Waals surface area contributed by atoms with Crippen LogP contribution in [-0.4, -0.2) is 24.8 Å². The van der Waals surface area contributed by atoms with Crippen LogP contribution in [0.5, 0.6) is 11.5 Å². The normalized spacial score (nSPS) is 10.2. The predicted molar refractivity (Wildman–Crippen MR) is 79.5 cm³/mol. The molecule has 0 aliphatic rings. The van der Waals surface area contributed by atoms with Gasteiger partial charge in [-0.2, -0.15) is 0 Å². The summed E-state index contributed by atoms with van der Waals surface area (Å²) >= 11 is 3.39. The van der Waals surface area contributed by atoms with E-state index in [1.54, 1.807) is 18.2 Å². The van der Waals surface area contributed by atoms with E-state index < -0.39 is 0 Å². The first-order valence-electron chi connectivity index (χ1n) is 6.33. The molecule has 0 saturated carbocycles. The highest BCUT2D eigenvalue weighted by molar-refractivity contribution is 9.10. The van der Waals surface area contributed by atoms with Crippen LogP contribution in [0.2, 0.25) is 0 Å². The summed E-state index contributed by atoms with van der Waals surface area (Å²) in [6.45, 7) is 2.68. The quantitative estimate of drug-likeness (QED) is 0.863. The Morgan fingerprint density at radius 2 is 2.29 bits per heavy atom. The molecule has 1 heterocycles. The van der Waals surface area contributed by atoms with Crippen LogP contribution in [0.25, 0.3) is 0 Å². The molecule has 1 N–H and O–H groups in total. The maximum absolute atomic E-state index is 12.1. The van der Waals surface area contributed by atoms with Crippen LogP contribution in [-0.2, 0) is 6.54 Å². The van der Waals surface area contributed by atoms with E-state index in [-0.39, 0.29) is 5.91 Å². The van der Waals surface area contributed by atoms with E-state index >= 15 is 0 Å². The lowest BCUT2D eigenvalue weighted by atomic mass is 10.2. The summed E-state index contributed by atoms with van der Waals surface area (Å²) < 4.78 is 16.1. The number of methoxy groups -OCH3 is 1. The Balaban J connectivity index is 2.15. The molecule has 0 atom stereocenters. The first kappa shape index (κ1) is 15.4. The molecule has 7 heteroatoms. The fourth-order valence-corrected chi connectivity index (χ4v) is 2.29. The molecule has 21 heavy (non-hydrogen) atoms. The van der Waals surface area contributed by atoms with Gasteiger partial charge in [-0.15, -0.1) is 0 Å². The molecular weight excluding hydrogens is 340 g/mol. The van der Waals surface area contributed by atoms with E-state index in [2.05, 4.69) is 26.4 Å². The zero-order valence-electron chi connectivity index (χ0n) is 11.7. The van der Waals surface area contributed by atoms with Gasteiger partial charge in [0.25, 0.3) is 5.91 Å². The first-order chi connectivity index (χ1) is 10.2. The number of amides is 1. The van der Waals surface area contributed by atoms with E-state index in [0.29, 0.717) is 40.4 Å². The van der Waals surface area contributed by atoms with Gasteiger partial charge in [-0.3, -0.25) is 4.79 Å². The number of nitrogens with one attached hydrogen (secondary N) is 1. The minimum absolute atomic E-state index is 0.236. The third-order valence-corrected chi connectivity index (χ3v) is 3.29. The molecule has 0 fully saturated rings. The van der Waals surface area contributed by atoms with Crippen molar-refractivity contribution in [1.29, 1.82) is 0 Å². The zero-order valence-corrected chi connectivity index (χ0v) is 13.3. The Hall–Kier alpha value is -2.02. The summed E-state index contributed by atoms with van der Waals surface area (Å²) in [5.74, 6) is 0.839. The second kappa shape index (κ2) is 7.12. The fraction of sp³-hybridized carbons (Fsp3) is 0.286. The smallest absolute Gasteiger partial charge is 0.251 e. The van der Waals surface area contributed by atoms with Gasteiger partial charge in [0.1, 0.15) is 12.0 Å². The minimum Gasteiger partial charge on any atom is -0.493 e. The van der Waals surface area contributed by atoms with Crippen molar-refractivity contribution in [2.45, 2.75) is 13.5 Å². The van der Waals surface area contributed by atoms with Gasteiger partial charge in [0.15, 0.2) is 11.5 Å². The molecule has 1 aromatic heterocycles. The molecule has 1 amide bonds. The number of aromatic nitrogens is 1. The monoisotopic (exact) mass is 354 g/mol. The number of halogens is 1. The number of carbonyl (C=O) groups excluding carboxylic acids is 1. The molecule has 2 rings (SSSR count). The van der Waals surface area contributed by atoms with Crippen LogP contribution in [0.1, 0.15) is 23.0 Å². The van der Waals surface area contributed by atoms with E-state index in [4.69, 9.17) is 14.0 Å². The lowest BCUT2D eigenvalue weighted by Gasteiger charge is -2.13. The maximum Gasteiger partial charge on any atom is 0.251 e. The molecule has 2 aromatic rings. The van der Waals surface area contributed by atoms with Gasteiger partial charge in [-0.25, -0.2) is 0 Å². The molecule has 6 nitrogen and oxygen atoms in total. The molecule has 0 saturated heterocycles. The zero-order chi connectivity index (χ0) is 15.2. The molecule has 0 bridgehead atoms. The Morgan fingerprint density at radius 3 is 2.90 bits per heavy atom. The van der Waals surface area contributed by atoms with Crippen molar-refractivity contribution < 1.29 is 18.8 Å². The van der Waals surface area contributed by atoms with Crippen molar-refractivity contribution in [1.82, 2.24) is 10.5 Å². The van der Waals surface area contributed by atoms with Crippen molar-refractivity contribution in [2.75, 3.05) is 13.7 Å². The Bertz CT molecular complexity index is 614. The molecular formula is C14H15BrN2O4. The van der Waals surface area contributed by atoms with Crippen LogP contribution < -0.4 is 14.8 Å². The third-order valence-electron chi connectivity index (χ3n) is 2.70. The van der Waals surface area contributed by atoms with Crippen LogP contribution in [0.15, 0.2) is 33.5 Å². The lowest BCUT2D eigenvalue weighted by Crippen LogP contribution is -2.23. The van der Waals surface area contributed by atoms with Crippen LogP contribution >= 0.6 is 15.9 Å². The van der Waals surface area contributed by atoms with Gasteiger partial charge in [0, 0.05) is 11.6 Å². The SMILES string of the molecule is CCOc1c(Br)cc(C(=O)NCc2ccon2)cc1OC. The summed E-state index contributed by atoms with van der Waals surface area (Å²) in [6, 6.07) is 5.01. The number of rotatable bonds is 6. The average Bonchev–Trinajstić information content (AvgIpc) is 3.00. The van der Waals surface area contributed by atoms with Crippen molar-refractivity contribution in [3.05, 3.63) is 40.2 Å². The highest BCUT2D eigenvalue weighted by Crippen LogP contribution is 2.36. The van der Waals surface area contributed by atoms with Gasteiger partial charge >= 0.3 is 0 Å². The Kier molecular flexibility index (Phi) is 5.21. The van der Waals surface area contributed by atoms with Gasteiger partial charge < -0.3 is 19.3 Å². The predicted octanol–water partition coefficient (Wildman–Crippen LogP) is 2.77. The number of carbonyl (C=O) groups is 1. The molecule has 0 aliphatic carbocycles. The molecule has 0 unspecified atom stereocenters. The average molecular weight is 355 g/mol. The second-order valence-electron chi connectivity index (χ2n) is 4.10. The molecule has 112 valence electrons. The van der Waals surface area contributed by atoms with E-state index in [1.807, 2.05) is 6.92 Å². The van der Waals surface area contributed by atoms with Crippen molar-refractivity contribution in [3.63, 3.8) is 0 Å². The van der Waals surface area contributed by atoms with Gasteiger partial charge in [0.05, 0.1) is 24.7 Å². The second-order valence-corrected chi connectivity index (χ2v) is 4.95. The summed E-state index contributed by atoms with van der Waals surface area (Å²) in [5.41, 5.74) is 1.12. The fourth-order valence-electron chi connectivity index (χ4n) is 1.74. The van der Waals surface area contributed by atoms with Gasteiger partial charge in [0.2, 0.25) is 0 Å². The summed E-state index contributed by atoms with van der Waals surface area (Å²) in [7, 11) is 1.53. The van der Waals surface area contributed by atoms with E-state index in [9.17, 15) is 4.79 Å². The molecule has 1 aromatic carbocycles. The van der Waals surface area contributed by atoms with Gasteiger partial charge in [-0.1, -0.05) is 5.16 Å². The first-order valence-corrected chi connectivity index (χ1v) is 7.12.